The van der Waals surface area contributed by atoms with Gasteiger partial charge in [-0.2, -0.15) is 5.26 Å². The maximum Gasteiger partial charge on any atom is 0.277 e. The number of aromatic amines is 1. The molecule has 0 bridgehead atoms. The van der Waals surface area contributed by atoms with Gasteiger partial charge in [-0.3, -0.25) is 0 Å². The van der Waals surface area contributed by atoms with Crippen LogP contribution in [0.2, 0.25) is 0 Å². The van der Waals surface area contributed by atoms with Gasteiger partial charge in [-0.05, 0) is 45.0 Å². The molecule has 8 heteroatoms. The molecule has 7 nitrogen and oxygen atoms in total. The van der Waals surface area contributed by atoms with Gasteiger partial charge in [0.2, 0.25) is 5.89 Å². The standard InChI is InChI=1S/C22H19N5O2S/c1-12-8-13(2)10-15(9-12)21-26-27-22(29-21)30-14(3)19(28)16(11-23)20-24-17-6-4-5-7-18(17)25-20/h4-10,14,28H,1-3H3,(H,24,25)/b19-16-. The van der Waals surface area contributed by atoms with Crippen LogP contribution in [-0.4, -0.2) is 30.5 Å². The summed E-state index contributed by atoms with van der Waals surface area (Å²) >= 11 is 1.18. The molecule has 4 aromatic rings. The number of thioether (sulfide) groups is 1. The lowest BCUT2D eigenvalue weighted by Crippen LogP contribution is -2.04. The molecule has 0 aliphatic carbocycles. The van der Waals surface area contributed by atoms with Crippen molar-refractivity contribution in [3.05, 3.63) is 65.2 Å². The van der Waals surface area contributed by atoms with Gasteiger partial charge < -0.3 is 14.5 Å². The summed E-state index contributed by atoms with van der Waals surface area (Å²) in [6, 6.07) is 15.5. The highest BCUT2D eigenvalue weighted by atomic mass is 32.2. The molecule has 2 N–H and O–H groups in total. The number of para-hydroxylation sites is 2. The lowest BCUT2D eigenvalue weighted by molar-refractivity contribution is 0.399. The highest BCUT2D eigenvalue weighted by Crippen LogP contribution is 2.31. The van der Waals surface area contributed by atoms with Crippen LogP contribution in [-0.2, 0) is 0 Å². The van der Waals surface area contributed by atoms with Crippen molar-refractivity contribution in [2.45, 2.75) is 31.2 Å². The molecule has 30 heavy (non-hydrogen) atoms. The molecule has 0 amide bonds. The first-order valence-corrected chi connectivity index (χ1v) is 10.2. The van der Waals surface area contributed by atoms with E-state index in [-0.39, 0.29) is 11.3 Å². The Morgan fingerprint density at radius 3 is 2.60 bits per heavy atom. The lowest BCUT2D eigenvalue weighted by atomic mass is 10.1. The van der Waals surface area contributed by atoms with Crippen molar-refractivity contribution in [1.82, 2.24) is 20.2 Å². The summed E-state index contributed by atoms with van der Waals surface area (Å²) in [6.07, 6.45) is 0. The molecule has 0 saturated heterocycles. The van der Waals surface area contributed by atoms with Gasteiger partial charge in [0, 0.05) is 5.56 Å². The van der Waals surface area contributed by atoms with Crippen molar-refractivity contribution in [2.24, 2.45) is 0 Å². The van der Waals surface area contributed by atoms with Crippen LogP contribution >= 0.6 is 11.8 Å². The number of hydrogen-bond donors (Lipinski definition) is 2. The number of rotatable bonds is 5. The monoisotopic (exact) mass is 417 g/mol. The first kappa shape index (κ1) is 19.7. The number of allylic oxidation sites excluding steroid dienone is 1. The fourth-order valence-corrected chi connectivity index (χ4v) is 3.93. The van der Waals surface area contributed by atoms with Crippen LogP contribution in [0.15, 0.2) is 57.9 Å². The predicted octanol–water partition coefficient (Wildman–Crippen LogP) is 5.20. The second kappa shape index (κ2) is 8.05. The topological polar surface area (TPSA) is 112 Å². The zero-order valence-corrected chi connectivity index (χ0v) is 17.5. The molecule has 2 aromatic carbocycles. The fourth-order valence-electron chi connectivity index (χ4n) is 3.19. The highest BCUT2D eigenvalue weighted by molar-refractivity contribution is 7.99. The van der Waals surface area contributed by atoms with Crippen LogP contribution < -0.4 is 0 Å². The summed E-state index contributed by atoms with van der Waals surface area (Å²) < 4.78 is 5.77. The summed E-state index contributed by atoms with van der Waals surface area (Å²) in [7, 11) is 0. The van der Waals surface area contributed by atoms with Gasteiger partial charge in [-0.25, -0.2) is 4.98 Å². The first-order chi connectivity index (χ1) is 14.4. The number of aliphatic hydroxyl groups excluding tert-OH is 1. The van der Waals surface area contributed by atoms with Crippen LogP contribution in [0, 0.1) is 25.2 Å². The van der Waals surface area contributed by atoms with Gasteiger partial charge in [-0.1, -0.05) is 41.1 Å². The van der Waals surface area contributed by atoms with E-state index in [1.165, 1.54) is 11.8 Å². The summed E-state index contributed by atoms with van der Waals surface area (Å²) in [5.74, 6) is 0.635. The molecule has 0 radical (unpaired) electrons. The SMILES string of the molecule is Cc1cc(C)cc(-c2nnc(SC(C)/C(O)=C(\C#N)c3nc4ccccc4[nH]3)o2)c1. The number of aromatic nitrogens is 4. The molecule has 4 rings (SSSR count). The highest BCUT2D eigenvalue weighted by Gasteiger charge is 2.21. The Morgan fingerprint density at radius 1 is 1.17 bits per heavy atom. The van der Waals surface area contributed by atoms with E-state index in [0.29, 0.717) is 16.9 Å². The third-order valence-corrected chi connectivity index (χ3v) is 5.48. The summed E-state index contributed by atoms with van der Waals surface area (Å²) in [6.45, 7) is 5.78. The molecule has 2 heterocycles. The van der Waals surface area contributed by atoms with E-state index in [9.17, 15) is 10.4 Å². The van der Waals surface area contributed by atoms with Crippen molar-refractivity contribution >= 4 is 28.4 Å². The van der Waals surface area contributed by atoms with Gasteiger partial charge >= 0.3 is 0 Å². The Hall–Kier alpha value is -3.57. The second-order valence-electron chi connectivity index (χ2n) is 6.98. The Morgan fingerprint density at radius 2 is 1.90 bits per heavy atom. The van der Waals surface area contributed by atoms with Crippen molar-refractivity contribution in [3.8, 4) is 17.5 Å². The minimum absolute atomic E-state index is 0.0836. The minimum atomic E-state index is -0.486. The Kier molecular flexibility index (Phi) is 5.29. The normalized spacial score (nSPS) is 13.1. The average Bonchev–Trinajstić information content (AvgIpc) is 3.34. The van der Waals surface area contributed by atoms with Gasteiger partial charge in [0.1, 0.15) is 17.4 Å². The number of H-pyrrole nitrogens is 1. The number of nitrogens with one attached hydrogen (secondary N) is 1. The Labute approximate surface area is 177 Å². The number of nitrogens with zero attached hydrogens (tertiary/aromatic N) is 4. The summed E-state index contributed by atoms with van der Waals surface area (Å²) in [5.41, 5.74) is 4.66. The molecule has 1 unspecified atom stereocenters. The summed E-state index contributed by atoms with van der Waals surface area (Å²) in [4.78, 5) is 7.47. The van der Waals surface area contributed by atoms with E-state index >= 15 is 0 Å². The van der Waals surface area contributed by atoms with Crippen molar-refractivity contribution < 1.29 is 9.52 Å². The molecule has 0 spiro atoms. The Bertz CT molecular complexity index is 1250. The van der Waals surface area contributed by atoms with Crippen LogP contribution in [0.4, 0.5) is 0 Å². The van der Waals surface area contributed by atoms with Crippen molar-refractivity contribution in [3.63, 3.8) is 0 Å². The number of hydrogen-bond acceptors (Lipinski definition) is 7. The molecular formula is C22H19N5O2S. The number of imidazole rings is 1. The zero-order valence-electron chi connectivity index (χ0n) is 16.7. The zero-order chi connectivity index (χ0) is 21.3. The van der Waals surface area contributed by atoms with Gasteiger partial charge in [-0.15, -0.1) is 10.2 Å². The molecule has 0 fully saturated rings. The summed E-state index contributed by atoms with van der Waals surface area (Å²) in [5, 5.41) is 28.3. The van der Waals surface area contributed by atoms with Gasteiger partial charge in [0.15, 0.2) is 5.82 Å². The molecule has 0 aliphatic rings. The second-order valence-corrected chi connectivity index (χ2v) is 8.28. The molecule has 0 saturated carbocycles. The third-order valence-electron chi connectivity index (χ3n) is 4.53. The van der Waals surface area contributed by atoms with Crippen LogP contribution in [0.1, 0.15) is 23.9 Å². The smallest absolute Gasteiger partial charge is 0.277 e. The quantitative estimate of drug-likeness (QED) is 0.261. The van der Waals surface area contributed by atoms with Gasteiger partial charge in [0.25, 0.3) is 5.22 Å². The van der Waals surface area contributed by atoms with Crippen LogP contribution in [0.5, 0.6) is 0 Å². The number of aliphatic hydroxyl groups is 1. The Balaban J connectivity index is 1.58. The van der Waals surface area contributed by atoms with E-state index in [0.717, 1.165) is 27.7 Å². The van der Waals surface area contributed by atoms with Gasteiger partial charge in [0.05, 0.1) is 16.3 Å². The van der Waals surface area contributed by atoms with E-state index in [1.807, 2.05) is 56.3 Å². The number of benzene rings is 2. The van der Waals surface area contributed by atoms with E-state index < -0.39 is 5.25 Å². The molecular weight excluding hydrogens is 398 g/mol. The molecule has 0 aliphatic heterocycles. The average molecular weight is 417 g/mol. The molecule has 150 valence electrons. The maximum atomic E-state index is 10.7. The predicted molar refractivity (Wildman–Crippen MR) is 116 cm³/mol. The lowest BCUT2D eigenvalue weighted by Gasteiger charge is -2.09. The van der Waals surface area contributed by atoms with Crippen LogP contribution in [0.25, 0.3) is 28.1 Å². The van der Waals surface area contributed by atoms with Crippen molar-refractivity contribution in [1.29, 1.82) is 5.26 Å². The number of nitriles is 1. The van der Waals surface area contributed by atoms with E-state index in [1.54, 1.807) is 6.92 Å². The minimum Gasteiger partial charge on any atom is -0.510 e. The first-order valence-electron chi connectivity index (χ1n) is 9.32. The maximum absolute atomic E-state index is 10.7. The molecule has 2 aromatic heterocycles. The molecule has 1 atom stereocenters. The number of fused-ring (bicyclic) bond motifs is 1. The number of aryl methyl sites for hydroxylation is 2. The van der Waals surface area contributed by atoms with E-state index in [2.05, 4.69) is 26.2 Å². The van der Waals surface area contributed by atoms with E-state index in [4.69, 9.17) is 4.42 Å². The van der Waals surface area contributed by atoms with Crippen molar-refractivity contribution in [2.75, 3.05) is 0 Å². The third kappa shape index (κ3) is 3.93. The largest absolute Gasteiger partial charge is 0.510 e. The van der Waals surface area contributed by atoms with Crippen LogP contribution in [0.3, 0.4) is 0 Å². The fraction of sp³-hybridized carbons (Fsp3) is 0.182.